The topological polar surface area (TPSA) is 83.0 Å². The molecule has 96 valence electrons. The lowest BCUT2D eigenvalue weighted by molar-refractivity contribution is -0.145. The molecule has 18 heavy (non-hydrogen) atoms. The Morgan fingerprint density at radius 3 is 3.00 bits per heavy atom. The van der Waals surface area contributed by atoms with Gasteiger partial charge in [-0.3, -0.25) is 9.48 Å². The summed E-state index contributed by atoms with van der Waals surface area (Å²) >= 11 is 0. The van der Waals surface area contributed by atoms with Crippen LogP contribution in [-0.4, -0.2) is 32.5 Å². The molecule has 1 atom stereocenters. The minimum atomic E-state index is -0.567. The van der Waals surface area contributed by atoms with Gasteiger partial charge in [0, 0.05) is 13.2 Å². The largest absolute Gasteiger partial charge is 0.465 e. The highest BCUT2D eigenvalue weighted by atomic mass is 16.5. The zero-order valence-corrected chi connectivity index (χ0v) is 10.5. The number of nitrogens with zero attached hydrogens (tertiary/aromatic N) is 4. The fraction of sp³-hybridized carbons (Fsp3) is 0.455. The lowest BCUT2D eigenvalue weighted by Crippen LogP contribution is -2.13. The number of hydrogen-bond acceptors (Lipinski definition) is 6. The van der Waals surface area contributed by atoms with Gasteiger partial charge < -0.3 is 9.26 Å². The third kappa shape index (κ3) is 2.39. The summed E-state index contributed by atoms with van der Waals surface area (Å²) in [4.78, 5) is 15.7. The van der Waals surface area contributed by atoms with E-state index in [0.717, 1.165) is 5.56 Å². The first-order chi connectivity index (χ1) is 8.61. The van der Waals surface area contributed by atoms with Crippen LogP contribution in [0, 0.1) is 0 Å². The van der Waals surface area contributed by atoms with Crippen LogP contribution in [0.5, 0.6) is 0 Å². The number of hydrogen-bond donors (Lipinski definition) is 0. The molecule has 0 amide bonds. The Kier molecular flexibility index (Phi) is 3.40. The fourth-order valence-corrected chi connectivity index (χ4v) is 1.43. The van der Waals surface area contributed by atoms with Crippen molar-refractivity contribution in [1.29, 1.82) is 0 Å². The van der Waals surface area contributed by atoms with Crippen molar-refractivity contribution in [2.75, 3.05) is 6.61 Å². The Bertz CT molecular complexity index is 546. The minimum Gasteiger partial charge on any atom is -0.465 e. The second kappa shape index (κ2) is 4.99. The molecule has 0 fully saturated rings. The Morgan fingerprint density at radius 1 is 1.61 bits per heavy atom. The van der Waals surface area contributed by atoms with E-state index in [2.05, 4.69) is 15.2 Å². The van der Waals surface area contributed by atoms with Crippen LogP contribution >= 0.6 is 0 Å². The van der Waals surface area contributed by atoms with E-state index < -0.39 is 5.92 Å². The van der Waals surface area contributed by atoms with Crippen molar-refractivity contribution in [2.45, 2.75) is 19.8 Å². The van der Waals surface area contributed by atoms with Gasteiger partial charge in [0.15, 0.2) is 0 Å². The normalized spacial score (nSPS) is 12.4. The predicted octanol–water partition coefficient (Wildman–Crippen LogP) is 1.14. The number of ether oxygens (including phenoxy) is 1. The highest BCUT2D eigenvalue weighted by molar-refractivity contribution is 5.76. The van der Waals surface area contributed by atoms with Gasteiger partial charge >= 0.3 is 5.97 Å². The summed E-state index contributed by atoms with van der Waals surface area (Å²) in [6.45, 7) is 3.74. The van der Waals surface area contributed by atoms with Crippen LogP contribution in [0.25, 0.3) is 11.4 Å². The van der Waals surface area contributed by atoms with E-state index in [1.165, 1.54) is 0 Å². The molecule has 0 aliphatic heterocycles. The lowest BCUT2D eigenvalue weighted by atomic mass is 10.2. The van der Waals surface area contributed by atoms with Gasteiger partial charge in [0.25, 0.3) is 0 Å². The molecule has 0 bridgehead atoms. The van der Waals surface area contributed by atoms with Crippen molar-refractivity contribution in [3.8, 4) is 11.4 Å². The van der Waals surface area contributed by atoms with Gasteiger partial charge in [-0.1, -0.05) is 5.16 Å². The molecular formula is C11H14N4O3. The molecule has 7 heteroatoms. The Labute approximate surface area is 104 Å². The van der Waals surface area contributed by atoms with Crippen molar-refractivity contribution >= 4 is 5.97 Å². The van der Waals surface area contributed by atoms with E-state index in [4.69, 9.17) is 9.26 Å². The highest BCUT2D eigenvalue weighted by Crippen LogP contribution is 2.19. The quantitative estimate of drug-likeness (QED) is 0.756. The third-order valence-electron chi connectivity index (χ3n) is 2.42. The molecule has 7 nitrogen and oxygen atoms in total. The summed E-state index contributed by atoms with van der Waals surface area (Å²) in [7, 11) is 1.80. The zero-order valence-electron chi connectivity index (χ0n) is 10.5. The van der Waals surface area contributed by atoms with Crippen LogP contribution in [0.2, 0.25) is 0 Å². The Balaban J connectivity index is 2.17. The van der Waals surface area contributed by atoms with Crippen molar-refractivity contribution in [3.63, 3.8) is 0 Å². The maximum Gasteiger partial charge on any atom is 0.318 e. The molecule has 2 aromatic rings. The molecule has 0 radical (unpaired) electrons. The van der Waals surface area contributed by atoms with Crippen molar-refractivity contribution < 1.29 is 14.1 Å². The first kappa shape index (κ1) is 12.3. The van der Waals surface area contributed by atoms with Crippen molar-refractivity contribution in [1.82, 2.24) is 19.9 Å². The first-order valence-corrected chi connectivity index (χ1v) is 5.61. The molecule has 2 rings (SSSR count). The molecule has 2 heterocycles. The van der Waals surface area contributed by atoms with Gasteiger partial charge in [0.05, 0.1) is 18.4 Å². The first-order valence-electron chi connectivity index (χ1n) is 5.61. The molecule has 2 aromatic heterocycles. The van der Waals surface area contributed by atoms with Gasteiger partial charge in [-0.15, -0.1) is 0 Å². The van der Waals surface area contributed by atoms with Crippen molar-refractivity contribution in [2.24, 2.45) is 7.05 Å². The van der Waals surface area contributed by atoms with Crippen molar-refractivity contribution in [3.05, 3.63) is 18.3 Å². The molecule has 0 aromatic carbocycles. The van der Waals surface area contributed by atoms with E-state index in [1.54, 1.807) is 38.0 Å². The second-order valence-corrected chi connectivity index (χ2v) is 3.83. The van der Waals surface area contributed by atoms with Gasteiger partial charge in [0.2, 0.25) is 11.7 Å². The smallest absolute Gasteiger partial charge is 0.318 e. The lowest BCUT2D eigenvalue weighted by Gasteiger charge is -2.04. The molecule has 0 N–H and O–H groups in total. The van der Waals surface area contributed by atoms with E-state index in [1.807, 2.05) is 0 Å². The number of aryl methyl sites for hydroxylation is 1. The Morgan fingerprint density at radius 2 is 2.39 bits per heavy atom. The number of aromatic nitrogens is 4. The van der Waals surface area contributed by atoms with E-state index in [9.17, 15) is 4.79 Å². The van der Waals surface area contributed by atoms with Crippen LogP contribution in [0.1, 0.15) is 25.7 Å². The van der Waals surface area contributed by atoms with Gasteiger partial charge in [-0.2, -0.15) is 10.1 Å². The maximum absolute atomic E-state index is 11.5. The summed E-state index contributed by atoms with van der Waals surface area (Å²) in [5.74, 6) is -0.289. The summed E-state index contributed by atoms with van der Waals surface area (Å²) in [6.07, 6.45) is 3.40. The van der Waals surface area contributed by atoms with Crippen LogP contribution in [0.3, 0.4) is 0 Å². The number of esters is 1. The molecule has 0 aliphatic rings. The van der Waals surface area contributed by atoms with E-state index in [-0.39, 0.29) is 11.9 Å². The summed E-state index contributed by atoms with van der Waals surface area (Å²) in [6, 6.07) is 0. The van der Waals surface area contributed by atoms with Gasteiger partial charge in [-0.25, -0.2) is 0 Å². The summed E-state index contributed by atoms with van der Waals surface area (Å²) < 4.78 is 11.6. The highest BCUT2D eigenvalue weighted by Gasteiger charge is 2.23. The van der Waals surface area contributed by atoms with Gasteiger partial charge in [-0.05, 0) is 13.8 Å². The summed E-state index contributed by atoms with van der Waals surface area (Å²) in [5.41, 5.74) is 0.739. The fourth-order valence-electron chi connectivity index (χ4n) is 1.43. The SMILES string of the molecule is CCOC(=O)C(C)c1nc(-c2cnn(C)c2)no1. The average Bonchev–Trinajstić information content (AvgIpc) is 2.96. The zero-order chi connectivity index (χ0) is 13.1. The van der Waals surface area contributed by atoms with Crippen LogP contribution < -0.4 is 0 Å². The number of carbonyl (C=O) groups excluding carboxylic acids is 1. The molecule has 0 saturated carbocycles. The van der Waals surface area contributed by atoms with Crippen LogP contribution in [0.4, 0.5) is 0 Å². The average molecular weight is 250 g/mol. The standard InChI is InChI=1S/C11H14N4O3/c1-4-17-11(16)7(2)10-13-9(14-18-10)8-5-12-15(3)6-8/h5-7H,4H2,1-3H3. The third-order valence-corrected chi connectivity index (χ3v) is 2.42. The molecule has 1 unspecified atom stereocenters. The molecule has 0 saturated heterocycles. The van der Waals surface area contributed by atoms with Crippen LogP contribution in [0.15, 0.2) is 16.9 Å². The monoisotopic (exact) mass is 250 g/mol. The van der Waals surface area contributed by atoms with Gasteiger partial charge in [0.1, 0.15) is 5.92 Å². The predicted molar refractivity (Wildman–Crippen MR) is 61.5 cm³/mol. The molecular weight excluding hydrogens is 236 g/mol. The maximum atomic E-state index is 11.5. The number of carbonyl (C=O) groups is 1. The van der Waals surface area contributed by atoms with E-state index >= 15 is 0 Å². The molecule has 0 aliphatic carbocycles. The second-order valence-electron chi connectivity index (χ2n) is 3.83. The summed E-state index contributed by atoms with van der Waals surface area (Å²) in [5, 5.41) is 7.83. The van der Waals surface area contributed by atoms with Crippen LogP contribution in [-0.2, 0) is 16.6 Å². The molecule has 0 spiro atoms. The number of rotatable bonds is 4. The Hall–Kier alpha value is -2.18. The van der Waals surface area contributed by atoms with E-state index in [0.29, 0.717) is 12.4 Å². The minimum absolute atomic E-state index is 0.243.